The van der Waals surface area contributed by atoms with Gasteiger partial charge in [0.15, 0.2) is 11.6 Å². The SMILES string of the molecule is c1ccc(-c2nc(-c3cccc4c3oc3cc(-c5ccc6sc7ccccc7c6c5)ccc34)nc(-n3c4ccccc4c4ccccc43)n2)cc1. The van der Waals surface area contributed by atoms with Gasteiger partial charge in [-0.05, 0) is 59.7 Å². The lowest BCUT2D eigenvalue weighted by Gasteiger charge is -2.11. The van der Waals surface area contributed by atoms with Crippen molar-refractivity contribution in [2.75, 3.05) is 0 Å². The fraction of sp³-hybridized carbons (Fsp3) is 0. The lowest BCUT2D eigenvalue weighted by molar-refractivity contribution is 0.669. The minimum atomic E-state index is 0.556. The molecule has 0 N–H and O–H groups in total. The molecule has 0 amide bonds. The van der Waals surface area contributed by atoms with E-state index in [4.69, 9.17) is 19.4 Å². The van der Waals surface area contributed by atoms with Crippen molar-refractivity contribution in [3.8, 4) is 39.9 Å². The van der Waals surface area contributed by atoms with Crippen molar-refractivity contribution in [2.45, 2.75) is 0 Å². The van der Waals surface area contributed by atoms with Gasteiger partial charge in [-0.3, -0.25) is 4.57 Å². The Labute approximate surface area is 295 Å². The number of furan rings is 1. The third-order valence-corrected chi connectivity index (χ3v) is 11.0. The minimum Gasteiger partial charge on any atom is -0.455 e. The average molecular weight is 671 g/mol. The van der Waals surface area contributed by atoms with Crippen LogP contribution in [-0.2, 0) is 0 Å². The van der Waals surface area contributed by atoms with Crippen molar-refractivity contribution in [1.29, 1.82) is 0 Å². The number of benzene rings is 7. The Kier molecular flexibility index (Phi) is 6.05. The van der Waals surface area contributed by atoms with E-state index in [0.717, 1.165) is 66.0 Å². The summed E-state index contributed by atoms with van der Waals surface area (Å²) in [4.78, 5) is 15.4. The van der Waals surface area contributed by atoms with Gasteiger partial charge in [0.2, 0.25) is 5.95 Å². The molecular formula is C45H26N4OS. The fourth-order valence-corrected chi connectivity index (χ4v) is 8.59. The minimum absolute atomic E-state index is 0.556. The van der Waals surface area contributed by atoms with Gasteiger partial charge in [-0.25, -0.2) is 4.98 Å². The quantitative estimate of drug-likeness (QED) is 0.187. The van der Waals surface area contributed by atoms with Gasteiger partial charge in [-0.1, -0.05) is 109 Å². The van der Waals surface area contributed by atoms with E-state index in [1.165, 1.54) is 20.2 Å². The smallest absolute Gasteiger partial charge is 0.238 e. The van der Waals surface area contributed by atoms with Gasteiger partial charge in [-0.15, -0.1) is 11.3 Å². The molecule has 0 aliphatic heterocycles. The van der Waals surface area contributed by atoms with Crippen molar-refractivity contribution < 1.29 is 4.42 Å². The lowest BCUT2D eigenvalue weighted by atomic mass is 10.0. The molecule has 0 aliphatic carbocycles. The third kappa shape index (κ3) is 4.37. The summed E-state index contributed by atoms with van der Waals surface area (Å²) in [7, 11) is 0. The largest absolute Gasteiger partial charge is 0.455 e. The predicted octanol–water partition coefficient (Wildman–Crippen LogP) is 12.2. The van der Waals surface area contributed by atoms with Crippen LogP contribution in [0, 0.1) is 0 Å². The number of hydrogen-bond acceptors (Lipinski definition) is 5. The van der Waals surface area contributed by atoms with Crippen LogP contribution in [0.3, 0.4) is 0 Å². The topological polar surface area (TPSA) is 56.7 Å². The van der Waals surface area contributed by atoms with Gasteiger partial charge >= 0.3 is 0 Å². The first-order chi connectivity index (χ1) is 25.3. The maximum atomic E-state index is 6.75. The summed E-state index contributed by atoms with van der Waals surface area (Å²) < 4.78 is 11.5. The van der Waals surface area contributed by atoms with Crippen LogP contribution in [0.4, 0.5) is 0 Å². The highest BCUT2D eigenvalue weighted by Crippen LogP contribution is 2.40. The number of thiophene rings is 1. The molecule has 11 rings (SSSR count). The van der Waals surface area contributed by atoms with Crippen molar-refractivity contribution in [1.82, 2.24) is 19.5 Å². The highest BCUT2D eigenvalue weighted by molar-refractivity contribution is 7.25. The van der Waals surface area contributed by atoms with Gasteiger partial charge in [0.1, 0.15) is 11.2 Å². The van der Waals surface area contributed by atoms with Crippen molar-refractivity contribution in [3.05, 3.63) is 158 Å². The van der Waals surface area contributed by atoms with Crippen molar-refractivity contribution in [2.24, 2.45) is 0 Å². The first-order valence-corrected chi connectivity index (χ1v) is 17.8. The van der Waals surface area contributed by atoms with Crippen LogP contribution < -0.4 is 0 Å². The molecule has 238 valence electrons. The normalized spacial score (nSPS) is 11.9. The van der Waals surface area contributed by atoms with Crippen molar-refractivity contribution >= 4 is 75.3 Å². The van der Waals surface area contributed by atoms with Gasteiger partial charge in [-0.2, -0.15) is 9.97 Å². The Morgan fingerprint density at radius 2 is 1.08 bits per heavy atom. The van der Waals surface area contributed by atoms with Gasteiger partial charge in [0.25, 0.3) is 0 Å². The van der Waals surface area contributed by atoms with E-state index in [1.807, 2.05) is 47.7 Å². The predicted molar refractivity (Wildman–Crippen MR) is 211 cm³/mol. The van der Waals surface area contributed by atoms with E-state index in [-0.39, 0.29) is 0 Å². The van der Waals surface area contributed by atoms with E-state index >= 15 is 0 Å². The van der Waals surface area contributed by atoms with E-state index in [0.29, 0.717) is 17.6 Å². The molecule has 0 atom stereocenters. The first kappa shape index (κ1) is 28.2. The molecular weight excluding hydrogens is 645 g/mol. The van der Waals surface area contributed by atoms with E-state index < -0.39 is 0 Å². The molecule has 0 aliphatic rings. The molecule has 0 spiro atoms. The van der Waals surface area contributed by atoms with Crippen LogP contribution in [0.25, 0.3) is 104 Å². The van der Waals surface area contributed by atoms with E-state index in [1.54, 1.807) is 0 Å². The average Bonchev–Trinajstić information content (AvgIpc) is 3.87. The molecule has 51 heavy (non-hydrogen) atoms. The molecule has 0 saturated carbocycles. The van der Waals surface area contributed by atoms with Crippen LogP contribution in [0.1, 0.15) is 0 Å². The summed E-state index contributed by atoms with van der Waals surface area (Å²) in [6.45, 7) is 0. The number of nitrogens with zero attached hydrogens (tertiary/aromatic N) is 4. The molecule has 0 saturated heterocycles. The highest BCUT2D eigenvalue weighted by Gasteiger charge is 2.20. The van der Waals surface area contributed by atoms with Crippen LogP contribution in [0.15, 0.2) is 162 Å². The Morgan fingerprint density at radius 3 is 1.90 bits per heavy atom. The Morgan fingerprint density at radius 1 is 0.431 bits per heavy atom. The summed E-state index contributed by atoms with van der Waals surface area (Å²) >= 11 is 1.83. The standard InChI is InChI=1S/C45H26N4OS/c1-2-11-27(12-3-1)43-46-44(48-45(47-43)49-37-18-7-4-13-30(37)31-14-5-8-19-38(31)49)35-17-10-16-34-32-23-21-29(26-39(32)50-42(34)35)28-22-24-41-36(25-28)33-15-6-9-20-40(33)51-41/h1-26H. The second kappa shape index (κ2) is 10.9. The zero-order valence-corrected chi connectivity index (χ0v) is 27.9. The van der Waals surface area contributed by atoms with Gasteiger partial charge < -0.3 is 4.42 Å². The van der Waals surface area contributed by atoms with E-state index in [2.05, 4.69) is 126 Å². The van der Waals surface area contributed by atoms with Crippen LogP contribution in [0.2, 0.25) is 0 Å². The van der Waals surface area contributed by atoms with Crippen LogP contribution in [-0.4, -0.2) is 19.5 Å². The Balaban J connectivity index is 1.11. The monoisotopic (exact) mass is 670 g/mol. The maximum Gasteiger partial charge on any atom is 0.238 e. The van der Waals surface area contributed by atoms with Gasteiger partial charge in [0, 0.05) is 47.3 Å². The fourth-order valence-electron chi connectivity index (χ4n) is 7.50. The molecule has 11 aromatic rings. The molecule has 4 heterocycles. The lowest BCUT2D eigenvalue weighted by Crippen LogP contribution is -2.06. The number of fused-ring (bicyclic) bond motifs is 9. The van der Waals surface area contributed by atoms with Gasteiger partial charge in [0.05, 0.1) is 16.6 Å². The number of aromatic nitrogens is 4. The summed E-state index contributed by atoms with van der Waals surface area (Å²) in [5.41, 5.74) is 7.66. The Bertz CT molecular complexity index is 3100. The maximum absolute atomic E-state index is 6.75. The molecule has 4 aromatic heterocycles. The zero-order chi connectivity index (χ0) is 33.5. The second-order valence-corrected chi connectivity index (χ2v) is 13.9. The second-order valence-electron chi connectivity index (χ2n) is 12.8. The highest BCUT2D eigenvalue weighted by atomic mass is 32.1. The molecule has 6 heteroatoms. The summed E-state index contributed by atoms with van der Waals surface area (Å²) in [5, 5.41) is 6.95. The van der Waals surface area contributed by atoms with Crippen LogP contribution in [0.5, 0.6) is 0 Å². The van der Waals surface area contributed by atoms with Crippen LogP contribution >= 0.6 is 11.3 Å². The van der Waals surface area contributed by atoms with Crippen molar-refractivity contribution in [3.63, 3.8) is 0 Å². The summed E-state index contributed by atoms with van der Waals surface area (Å²) in [6, 6.07) is 55.0. The molecule has 5 nitrogen and oxygen atoms in total. The number of hydrogen-bond donors (Lipinski definition) is 0. The first-order valence-electron chi connectivity index (χ1n) is 16.9. The number of rotatable bonds is 4. The van der Waals surface area contributed by atoms with E-state index in [9.17, 15) is 0 Å². The number of para-hydroxylation sites is 3. The molecule has 0 unspecified atom stereocenters. The molecule has 0 bridgehead atoms. The summed E-state index contributed by atoms with van der Waals surface area (Å²) in [6.07, 6.45) is 0. The third-order valence-electron chi connectivity index (χ3n) is 9.89. The zero-order valence-electron chi connectivity index (χ0n) is 27.1. The molecule has 0 fully saturated rings. The molecule has 7 aromatic carbocycles. The summed E-state index contributed by atoms with van der Waals surface area (Å²) in [5.74, 6) is 1.72. The molecule has 0 radical (unpaired) electrons. The Hall–Kier alpha value is -6.63.